The van der Waals surface area contributed by atoms with Crippen LogP contribution < -0.4 is 5.73 Å². The van der Waals surface area contributed by atoms with Gasteiger partial charge in [0, 0.05) is 24.7 Å². The van der Waals surface area contributed by atoms with E-state index in [2.05, 4.69) is 14.8 Å². The van der Waals surface area contributed by atoms with Gasteiger partial charge in [-0.25, -0.2) is 0 Å². The first kappa shape index (κ1) is 10.1. The molecular formula is C12H14N4O. The number of fused-ring (bicyclic) bond motifs is 1. The summed E-state index contributed by atoms with van der Waals surface area (Å²) >= 11 is 0. The lowest BCUT2D eigenvalue weighted by Crippen LogP contribution is -2.11. The second-order valence-corrected chi connectivity index (χ2v) is 4.33. The van der Waals surface area contributed by atoms with E-state index in [1.54, 1.807) is 18.2 Å². The largest absolute Gasteiger partial charge is 0.507 e. The van der Waals surface area contributed by atoms with Crippen LogP contribution >= 0.6 is 0 Å². The van der Waals surface area contributed by atoms with Crippen LogP contribution in [0.5, 0.6) is 5.75 Å². The molecule has 0 unspecified atom stereocenters. The van der Waals surface area contributed by atoms with Crippen molar-refractivity contribution in [3.63, 3.8) is 0 Å². The number of hydrogen-bond donors (Lipinski definition) is 2. The van der Waals surface area contributed by atoms with Crippen LogP contribution in [0.2, 0.25) is 0 Å². The molecule has 1 aliphatic heterocycles. The highest BCUT2D eigenvalue weighted by atomic mass is 16.3. The first-order valence-corrected chi connectivity index (χ1v) is 5.76. The topological polar surface area (TPSA) is 77.0 Å². The molecule has 0 aliphatic carbocycles. The molecule has 1 aromatic carbocycles. The second kappa shape index (κ2) is 3.76. The number of nitrogens with zero attached hydrogens (tertiary/aromatic N) is 3. The highest BCUT2D eigenvalue weighted by Gasteiger charge is 2.18. The Hall–Kier alpha value is -2.04. The Labute approximate surface area is 98.9 Å². The second-order valence-electron chi connectivity index (χ2n) is 4.33. The van der Waals surface area contributed by atoms with Crippen LogP contribution in [0, 0.1) is 0 Å². The van der Waals surface area contributed by atoms with Gasteiger partial charge in [-0.2, -0.15) is 0 Å². The summed E-state index contributed by atoms with van der Waals surface area (Å²) in [6, 6.07) is 5.09. The number of nitrogens with two attached hydrogens (primary N) is 1. The first-order valence-electron chi connectivity index (χ1n) is 5.76. The fraction of sp³-hybridized carbons (Fsp3) is 0.333. The van der Waals surface area contributed by atoms with Crippen molar-refractivity contribution >= 4 is 5.69 Å². The summed E-state index contributed by atoms with van der Waals surface area (Å²) in [5.74, 6) is 1.89. The molecule has 0 atom stereocenters. The molecular weight excluding hydrogens is 216 g/mol. The molecule has 3 rings (SSSR count). The van der Waals surface area contributed by atoms with Gasteiger partial charge in [0.1, 0.15) is 11.6 Å². The minimum Gasteiger partial charge on any atom is -0.507 e. The quantitative estimate of drug-likeness (QED) is 0.729. The third-order valence-corrected chi connectivity index (χ3v) is 3.12. The number of phenols is 1. The van der Waals surface area contributed by atoms with Gasteiger partial charge in [-0.3, -0.25) is 0 Å². The van der Waals surface area contributed by atoms with E-state index in [9.17, 15) is 5.11 Å². The van der Waals surface area contributed by atoms with Crippen molar-refractivity contribution in [2.24, 2.45) is 0 Å². The Kier molecular flexibility index (Phi) is 2.24. The van der Waals surface area contributed by atoms with E-state index in [-0.39, 0.29) is 5.75 Å². The average Bonchev–Trinajstić information content (AvgIpc) is 2.73. The van der Waals surface area contributed by atoms with Crippen LogP contribution in [0.4, 0.5) is 5.69 Å². The summed E-state index contributed by atoms with van der Waals surface area (Å²) in [5.41, 5.74) is 6.86. The van der Waals surface area contributed by atoms with Crippen molar-refractivity contribution in [3.8, 4) is 17.1 Å². The molecule has 17 heavy (non-hydrogen) atoms. The van der Waals surface area contributed by atoms with Gasteiger partial charge in [0.05, 0.1) is 5.56 Å². The summed E-state index contributed by atoms with van der Waals surface area (Å²) in [6.07, 6.45) is 3.25. The van der Waals surface area contributed by atoms with Crippen molar-refractivity contribution in [2.75, 3.05) is 5.73 Å². The standard InChI is InChI=1S/C12H14N4O/c13-8-4-5-9(10(17)7-8)12-15-14-11-3-1-2-6-16(11)12/h4-5,7,17H,1-3,6,13H2. The summed E-state index contributed by atoms with van der Waals surface area (Å²) in [6.45, 7) is 0.918. The molecule has 1 aromatic heterocycles. The predicted octanol–water partition coefficient (Wildman–Crippen LogP) is 1.57. The Morgan fingerprint density at radius 3 is 2.94 bits per heavy atom. The third-order valence-electron chi connectivity index (χ3n) is 3.12. The molecule has 0 bridgehead atoms. The zero-order valence-electron chi connectivity index (χ0n) is 9.43. The fourth-order valence-corrected chi connectivity index (χ4v) is 2.25. The maximum Gasteiger partial charge on any atom is 0.167 e. The summed E-state index contributed by atoms with van der Waals surface area (Å²) < 4.78 is 2.08. The number of aromatic nitrogens is 3. The molecule has 0 radical (unpaired) electrons. The number of aromatic hydroxyl groups is 1. The van der Waals surface area contributed by atoms with Crippen LogP contribution in [0.3, 0.4) is 0 Å². The lowest BCUT2D eigenvalue weighted by atomic mass is 10.1. The smallest absolute Gasteiger partial charge is 0.167 e. The van der Waals surface area contributed by atoms with Crippen molar-refractivity contribution in [1.29, 1.82) is 0 Å². The molecule has 0 saturated heterocycles. The molecule has 0 amide bonds. The van der Waals surface area contributed by atoms with Crippen molar-refractivity contribution in [1.82, 2.24) is 14.8 Å². The van der Waals surface area contributed by atoms with Gasteiger partial charge in [0.25, 0.3) is 0 Å². The van der Waals surface area contributed by atoms with E-state index in [0.717, 1.165) is 37.5 Å². The van der Waals surface area contributed by atoms with Crippen LogP contribution in [-0.2, 0) is 13.0 Å². The maximum absolute atomic E-state index is 9.90. The van der Waals surface area contributed by atoms with Crippen LogP contribution in [0.15, 0.2) is 18.2 Å². The first-order chi connectivity index (χ1) is 8.25. The van der Waals surface area contributed by atoms with Crippen molar-refractivity contribution in [3.05, 3.63) is 24.0 Å². The molecule has 1 aliphatic rings. The molecule has 5 heteroatoms. The SMILES string of the molecule is Nc1ccc(-c2nnc3n2CCCC3)c(O)c1. The Balaban J connectivity index is 2.12. The molecule has 2 heterocycles. The monoisotopic (exact) mass is 230 g/mol. The fourth-order valence-electron chi connectivity index (χ4n) is 2.25. The Bertz CT molecular complexity index is 562. The van der Waals surface area contributed by atoms with Gasteiger partial charge in [0.2, 0.25) is 0 Å². The zero-order valence-corrected chi connectivity index (χ0v) is 9.43. The lowest BCUT2D eigenvalue weighted by molar-refractivity contribution is 0.475. The minimum atomic E-state index is 0.158. The third kappa shape index (κ3) is 1.63. The molecule has 88 valence electrons. The van der Waals surface area contributed by atoms with E-state index < -0.39 is 0 Å². The Morgan fingerprint density at radius 1 is 1.24 bits per heavy atom. The van der Waals surface area contributed by atoms with Crippen LogP contribution in [-0.4, -0.2) is 19.9 Å². The van der Waals surface area contributed by atoms with Gasteiger partial charge >= 0.3 is 0 Å². The van der Waals surface area contributed by atoms with E-state index in [1.807, 2.05) is 0 Å². The van der Waals surface area contributed by atoms with E-state index in [1.165, 1.54) is 0 Å². The molecule has 0 fully saturated rings. The number of benzene rings is 1. The molecule has 0 saturated carbocycles. The predicted molar refractivity (Wildman–Crippen MR) is 64.5 cm³/mol. The van der Waals surface area contributed by atoms with E-state index >= 15 is 0 Å². The number of phenolic OH excluding ortho intramolecular Hbond substituents is 1. The van der Waals surface area contributed by atoms with Crippen molar-refractivity contribution < 1.29 is 5.11 Å². The van der Waals surface area contributed by atoms with Crippen molar-refractivity contribution in [2.45, 2.75) is 25.8 Å². The highest BCUT2D eigenvalue weighted by molar-refractivity contribution is 5.67. The Morgan fingerprint density at radius 2 is 2.12 bits per heavy atom. The molecule has 3 N–H and O–H groups in total. The molecule has 2 aromatic rings. The van der Waals surface area contributed by atoms with E-state index in [4.69, 9.17) is 5.73 Å². The average molecular weight is 230 g/mol. The van der Waals surface area contributed by atoms with E-state index in [0.29, 0.717) is 11.3 Å². The summed E-state index contributed by atoms with van der Waals surface area (Å²) in [4.78, 5) is 0. The number of aryl methyl sites for hydroxylation is 1. The van der Waals surface area contributed by atoms with Gasteiger partial charge < -0.3 is 15.4 Å². The maximum atomic E-state index is 9.90. The van der Waals surface area contributed by atoms with Gasteiger partial charge in [-0.1, -0.05) is 0 Å². The number of nitrogen functional groups attached to an aromatic ring is 1. The minimum absolute atomic E-state index is 0.158. The van der Waals surface area contributed by atoms with Gasteiger partial charge in [-0.15, -0.1) is 10.2 Å². The van der Waals surface area contributed by atoms with Crippen LogP contribution in [0.25, 0.3) is 11.4 Å². The normalized spacial score (nSPS) is 14.6. The number of rotatable bonds is 1. The molecule has 5 nitrogen and oxygen atoms in total. The zero-order chi connectivity index (χ0) is 11.8. The summed E-state index contributed by atoms with van der Waals surface area (Å²) in [7, 11) is 0. The molecule has 0 spiro atoms. The van der Waals surface area contributed by atoms with Gasteiger partial charge in [-0.05, 0) is 25.0 Å². The highest BCUT2D eigenvalue weighted by Crippen LogP contribution is 2.31. The summed E-state index contributed by atoms with van der Waals surface area (Å²) in [5, 5.41) is 18.2. The number of anilines is 1. The lowest BCUT2D eigenvalue weighted by Gasteiger charge is -2.15. The van der Waals surface area contributed by atoms with Gasteiger partial charge in [0.15, 0.2) is 5.82 Å². The number of hydrogen-bond acceptors (Lipinski definition) is 4. The van der Waals surface area contributed by atoms with Crippen LogP contribution in [0.1, 0.15) is 18.7 Å².